The molecule has 3 aromatic rings. The fourth-order valence-corrected chi connectivity index (χ4v) is 3.19. The molecule has 0 bridgehead atoms. The standard InChI is InChI=1S/C26H26N2O4/c1-18-7-9-19(10-8-18)17-28-23(15-16-24(27)29)26(31)32-25(30)22-13-11-21(12-14-22)20-5-3-2-4-6-20/h2-14,23,28H,15-17H2,1H3,(H2,27,29)/t23-/m0/s1. The number of carbonyl (C=O) groups excluding carboxylic acids is 3. The first-order chi connectivity index (χ1) is 15.4. The number of rotatable bonds is 9. The minimum Gasteiger partial charge on any atom is -0.388 e. The number of ether oxygens (including phenoxy) is 1. The van der Waals surface area contributed by atoms with Gasteiger partial charge in [-0.1, -0.05) is 72.3 Å². The Morgan fingerprint density at radius 2 is 1.50 bits per heavy atom. The molecular weight excluding hydrogens is 404 g/mol. The van der Waals surface area contributed by atoms with Crippen molar-refractivity contribution in [3.05, 3.63) is 95.6 Å². The van der Waals surface area contributed by atoms with E-state index < -0.39 is 23.9 Å². The SMILES string of the molecule is Cc1ccc(CN[C@@H](CCC(N)=O)C(=O)OC(=O)c2ccc(-c3ccccc3)cc2)cc1. The molecule has 0 aliphatic carbocycles. The van der Waals surface area contributed by atoms with Crippen molar-refractivity contribution < 1.29 is 19.1 Å². The number of nitrogens with one attached hydrogen (secondary N) is 1. The lowest BCUT2D eigenvalue weighted by Gasteiger charge is -2.16. The number of nitrogens with two attached hydrogens (primary N) is 1. The molecule has 0 radical (unpaired) electrons. The third kappa shape index (κ3) is 6.62. The molecule has 0 fully saturated rings. The zero-order chi connectivity index (χ0) is 22.9. The van der Waals surface area contributed by atoms with Crippen LogP contribution in [0.15, 0.2) is 78.9 Å². The largest absolute Gasteiger partial charge is 0.388 e. The van der Waals surface area contributed by atoms with Crippen molar-refractivity contribution in [3.8, 4) is 11.1 Å². The maximum Gasteiger partial charge on any atom is 0.345 e. The van der Waals surface area contributed by atoms with E-state index in [1.54, 1.807) is 24.3 Å². The van der Waals surface area contributed by atoms with E-state index in [9.17, 15) is 14.4 Å². The average molecular weight is 431 g/mol. The monoisotopic (exact) mass is 430 g/mol. The van der Waals surface area contributed by atoms with Crippen LogP contribution in [0.1, 0.15) is 34.3 Å². The highest BCUT2D eigenvalue weighted by molar-refractivity contribution is 5.98. The molecule has 0 aromatic heterocycles. The molecule has 0 saturated carbocycles. The number of amides is 1. The minimum absolute atomic E-state index is 0.000623. The summed E-state index contributed by atoms with van der Waals surface area (Å²) in [6.07, 6.45) is 0.140. The lowest BCUT2D eigenvalue weighted by atomic mass is 10.0. The molecule has 0 unspecified atom stereocenters. The first kappa shape index (κ1) is 22.9. The topological polar surface area (TPSA) is 98.5 Å². The quantitative estimate of drug-likeness (QED) is 0.398. The highest BCUT2D eigenvalue weighted by Gasteiger charge is 2.23. The van der Waals surface area contributed by atoms with Gasteiger partial charge in [-0.05, 0) is 42.2 Å². The smallest absolute Gasteiger partial charge is 0.345 e. The summed E-state index contributed by atoms with van der Waals surface area (Å²) in [5.74, 6) is -2.01. The second-order valence-corrected chi connectivity index (χ2v) is 7.58. The van der Waals surface area contributed by atoms with Gasteiger partial charge in [-0.25, -0.2) is 9.59 Å². The molecule has 6 nitrogen and oxygen atoms in total. The fraction of sp³-hybridized carbons (Fsp3) is 0.192. The normalized spacial score (nSPS) is 11.5. The summed E-state index contributed by atoms with van der Waals surface area (Å²) < 4.78 is 5.09. The Morgan fingerprint density at radius 1 is 0.875 bits per heavy atom. The van der Waals surface area contributed by atoms with Crippen molar-refractivity contribution in [2.45, 2.75) is 32.4 Å². The molecule has 0 spiro atoms. The molecule has 1 amide bonds. The van der Waals surface area contributed by atoms with Crippen LogP contribution in [0.5, 0.6) is 0 Å². The van der Waals surface area contributed by atoms with Gasteiger partial charge < -0.3 is 15.8 Å². The van der Waals surface area contributed by atoms with Crippen LogP contribution in [0.4, 0.5) is 0 Å². The molecule has 0 aliphatic rings. The van der Waals surface area contributed by atoms with Gasteiger partial charge in [-0.2, -0.15) is 0 Å². The van der Waals surface area contributed by atoms with Crippen LogP contribution in [0.2, 0.25) is 0 Å². The Balaban J connectivity index is 1.63. The summed E-state index contributed by atoms with van der Waals surface area (Å²) in [4.78, 5) is 36.3. The molecule has 3 N–H and O–H groups in total. The van der Waals surface area contributed by atoms with Crippen LogP contribution in [0, 0.1) is 6.92 Å². The number of carbonyl (C=O) groups is 3. The van der Waals surface area contributed by atoms with Gasteiger partial charge in [0.15, 0.2) is 0 Å². The average Bonchev–Trinajstić information content (AvgIpc) is 2.80. The summed E-state index contributed by atoms with van der Waals surface area (Å²) in [5, 5.41) is 3.06. The van der Waals surface area contributed by atoms with E-state index in [1.165, 1.54) is 0 Å². The van der Waals surface area contributed by atoms with Crippen LogP contribution >= 0.6 is 0 Å². The molecule has 3 rings (SSSR count). The third-order valence-corrected chi connectivity index (χ3v) is 5.06. The number of esters is 2. The van der Waals surface area contributed by atoms with Crippen LogP contribution in [-0.4, -0.2) is 23.9 Å². The number of benzene rings is 3. The van der Waals surface area contributed by atoms with E-state index in [0.29, 0.717) is 6.54 Å². The van der Waals surface area contributed by atoms with Gasteiger partial charge >= 0.3 is 11.9 Å². The van der Waals surface area contributed by atoms with E-state index in [4.69, 9.17) is 10.5 Å². The van der Waals surface area contributed by atoms with Gasteiger partial charge in [0.05, 0.1) is 5.56 Å². The van der Waals surface area contributed by atoms with E-state index >= 15 is 0 Å². The lowest BCUT2D eigenvalue weighted by Crippen LogP contribution is -2.39. The zero-order valence-corrected chi connectivity index (χ0v) is 17.9. The maximum atomic E-state index is 12.6. The summed E-state index contributed by atoms with van der Waals surface area (Å²) in [5.41, 5.74) is 9.57. The number of hydrogen-bond donors (Lipinski definition) is 2. The number of hydrogen-bond acceptors (Lipinski definition) is 5. The van der Waals surface area contributed by atoms with Crippen LogP contribution in [0.25, 0.3) is 11.1 Å². The van der Waals surface area contributed by atoms with Crippen LogP contribution < -0.4 is 11.1 Å². The predicted octanol–water partition coefficient (Wildman–Crippen LogP) is 3.77. The molecule has 6 heteroatoms. The Bertz CT molecular complexity index is 1060. The molecule has 1 atom stereocenters. The molecule has 32 heavy (non-hydrogen) atoms. The van der Waals surface area contributed by atoms with Crippen LogP contribution in [0.3, 0.4) is 0 Å². The van der Waals surface area contributed by atoms with Crippen molar-refractivity contribution in [2.75, 3.05) is 0 Å². The second kappa shape index (κ2) is 11.0. The Kier molecular flexibility index (Phi) is 7.89. The molecule has 0 saturated heterocycles. The first-order valence-electron chi connectivity index (χ1n) is 10.4. The van der Waals surface area contributed by atoms with E-state index in [-0.39, 0.29) is 18.4 Å². The molecule has 0 heterocycles. The minimum atomic E-state index is -0.837. The maximum absolute atomic E-state index is 12.6. The van der Waals surface area contributed by atoms with Gasteiger partial charge in [0, 0.05) is 13.0 Å². The van der Waals surface area contributed by atoms with Crippen molar-refractivity contribution in [2.24, 2.45) is 5.73 Å². The van der Waals surface area contributed by atoms with Gasteiger partial charge in [-0.15, -0.1) is 0 Å². The summed E-state index contributed by atoms with van der Waals surface area (Å²) >= 11 is 0. The predicted molar refractivity (Wildman–Crippen MR) is 123 cm³/mol. The Hall–Kier alpha value is -3.77. The van der Waals surface area contributed by atoms with Crippen molar-refractivity contribution in [1.29, 1.82) is 0 Å². The zero-order valence-electron chi connectivity index (χ0n) is 17.9. The van der Waals surface area contributed by atoms with Gasteiger partial charge in [0.1, 0.15) is 6.04 Å². The second-order valence-electron chi connectivity index (χ2n) is 7.58. The van der Waals surface area contributed by atoms with Gasteiger partial charge in [0.2, 0.25) is 5.91 Å². The number of primary amides is 1. The van der Waals surface area contributed by atoms with Crippen molar-refractivity contribution in [3.63, 3.8) is 0 Å². The molecular formula is C26H26N2O4. The molecule has 0 aliphatic heterocycles. The number of aryl methyl sites for hydroxylation is 1. The van der Waals surface area contributed by atoms with E-state index in [1.807, 2.05) is 61.5 Å². The fourth-order valence-electron chi connectivity index (χ4n) is 3.19. The first-order valence-corrected chi connectivity index (χ1v) is 10.4. The summed E-state index contributed by atoms with van der Waals surface area (Å²) in [7, 11) is 0. The van der Waals surface area contributed by atoms with Crippen molar-refractivity contribution in [1.82, 2.24) is 5.32 Å². The molecule has 3 aromatic carbocycles. The highest BCUT2D eigenvalue weighted by atomic mass is 16.6. The lowest BCUT2D eigenvalue weighted by molar-refractivity contribution is -0.140. The Labute approximate surface area is 187 Å². The van der Waals surface area contributed by atoms with Crippen molar-refractivity contribution >= 4 is 17.8 Å². The Morgan fingerprint density at radius 3 is 2.12 bits per heavy atom. The van der Waals surface area contributed by atoms with Gasteiger partial charge in [0.25, 0.3) is 0 Å². The molecule has 164 valence electrons. The summed E-state index contributed by atoms with van der Waals surface area (Å²) in [6.45, 7) is 2.38. The van der Waals surface area contributed by atoms with Crippen LogP contribution in [-0.2, 0) is 20.9 Å². The highest BCUT2D eigenvalue weighted by Crippen LogP contribution is 2.19. The third-order valence-electron chi connectivity index (χ3n) is 5.06. The van der Waals surface area contributed by atoms with Gasteiger partial charge in [-0.3, -0.25) is 4.79 Å². The van der Waals surface area contributed by atoms with E-state index in [2.05, 4.69) is 5.32 Å². The van der Waals surface area contributed by atoms with E-state index in [0.717, 1.165) is 22.3 Å². The summed E-state index contributed by atoms with van der Waals surface area (Å²) in [6, 6.07) is 23.6.